The van der Waals surface area contributed by atoms with Crippen molar-refractivity contribution >= 4 is 23.1 Å². The van der Waals surface area contributed by atoms with Crippen molar-refractivity contribution in [1.29, 1.82) is 0 Å². The van der Waals surface area contributed by atoms with Gasteiger partial charge in [-0.1, -0.05) is 6.07 Å². The molecule has 2 N–H and O–H groups in total. The molecule has 5 heteroatoms. The van der Waals surface area contributed by atoms with Gasteiger partial charge in [0.25, 0.3) is 0 Å². The Morgan fingerprint density at radius 3 is 2.94 bits per heavy atom. The minimum absolute atomic E-state index is 0.526. The van der Waals surface area contributed by atoms with E-state index in [0.717, 1.165) is 17.1 Å². The lowest BCUT2D eigenvalue weighted by Crippen LogP contribution is -2.28. The van der Waals surface area contributed by atoms with Crippen molar-refractivity contribution in [3.05, 3.63) is 48.0 Å². The van der Waals surface area contributed by atoms with Crippen LogP contribution in [0.15, 0.2) is 41.1 Å². The van der Waals surface area contributed by atoms with Gasteiger partial charge in [-0.15, -0.1) is 0 Å². The average molecular weight is 247 g/mol. The van der Waals surface area contributed by atoms with Gasteiger partial charge in [-0.25, -0.2) is 4.98 Å². The third-order valence-corrected chi connectivity index (χ3v) is 2.40. The molecule has 0 aliphatic rings. The number of pyridine rings is 1. The number of aromatic nitrogens is 1. The topological polar surface area (TPSA) is 50.1 Å². The van der Waals surface area contributed by atoms with Crippen molar-refractivity contribution in [3.63, 3.8) is 0 Å². The first-order chi connectivity index (χ1) is 8.24. The second-order valence-corrected chi connectivity index (χ2v) is 4.02. The second-order valence-electron chi connectivity index (χ2n) is 3.61. The fraction of sp³-hybridized carbons (Fsp3) is 0.167. The van der Waals surface area contributed by atoms with Crippen LogP contribution in [0.2, 0.25) is 0 Å². The maximum Gasteiger partial charge on any atom is 0.172 e. The molecule has 2 rings (SSSR count). The molecule has 0 saturated heterocycles. The van der Waals surface area contributed by atoms with E-state index in [-0.39, 0.29) is 0 Å². The van der Waals surface area contributed by atoms with E-state index < -0.39 is 0 Å². The summed E-state index contributed by atoms with van der Waals surface area (Å²) in [5.74, 6) is 1.57. The average Bonchev–Trinajstić information content (AvgIpc) is 2.83. The summed E-state index contributed by atoms with van der Waals surface area (Å²) in [6, 6.07) is 7.59. The Bertz CT molecular complexity index is 479. The maximum atomic E-state index is 5.18. The summed E-state index contributed by atoms with van der Waals surface area (Å²) in [5, 5.41) is 6.56. The lowest BCUT2D eigenvalue weighted by atomic mass is 10.3. The summed E-state index contributed by atoms with van der Waals surface area (Å²) < 4.78 is 5.18. The lowest BCUT2D eigenvalue weighted by Gasteiger charge is -2.08. The standard InChI is InChI=1S/C12H13N3OS/c1-9-4-5-11(13-7-9)15-12(17)14-8-10-3-2-6-16-10/h2-7H,8H2,1H3,(H2,13,14,15,17). The van der Waals surface area contributed by atoms with E-state index in [9.17, 15) is 0 Å². The first-order valence-corrected chi connectivity index (χ1v) is 5.65. The Hall–Kier alpha value is -1.88. The smallest absolute Gasteiger partial charge is 0.172 e. The molecule has 0 unspecified atom stereocenters. The Labute approximate surface area is 105 Å². The van der Waals surface area contributed by atoms with Crippen LogP contribution >= 0.6 is 12.2 Å². The number of rotatable bonds is 3. The van der Waals surface area contributed by atoms with E-state index in [1.54, 1.807) is 12.5 Å². The van der Waals surface area contributed by atoms with Crippen LogP contribution in [0.4, 0.5) is 5.82 Å². The van der Waals surface area contributed by atoms with Gasteiger partial charge in [-0.2, -0.15) is 0 Å². The number of anilines is 1. The highest BCUT2D eigenvalue weighted by Crippen LogP contribution is 2.04. The summed E-state index contributed by atoms with van der Waals surface area (Å²) in [5.41, 5.74) is 1.12. The molecule has 88 valence electrons. The zero-order valence-electron chi connectivity index (χ0n) is 9.43. The lowest BCUT2D eigenvalue weighted by molar-refractivity contribution is 0.503. The van der Waals surface area contributed by atoms with Crippen LogP contribution in [0.5, 0.6) is 0 Å². The molecule has 4 nitrogen and oxygen atoms in total. The molecule has 17 heavy (non-hydrogen) atoms. The fourth-order valence-corrected chi connectivity index (χ4v) is 1.46. The third-order valence-electron chi connectivity index (χ3n) is 2.16. The largest absolute Gasteiger partial charge is 0.467 e. The van der Waals surface area contributed by atoms with Gasteiger partial charge >= 0.3 is 0 Å². The highest BCUT2D eigenvalue weighted by Gasteiger charge is 2.00. The molecule has 0 aliphatic carbocycles. The van der Waals surface area contributed by atoms with Crippen LogP contribution in [0, 0.1) is 6.92 Å². The summed E-state index contributed by atoms with van der Waals surface area (Å²) in [6.07, 6.45) is 3.42. The predicted molar refractivity (Wildman–Crippen MR) is 70.7 cm³/mol. The van der Waals surface area contributed by atoms with Gasteiger partial charge in [0, 0.05) is 6.20 Å². The van der Waals surface area contributed by atoms with Crippen molar-refractivity contribution in [3.8, 4) is 0 Å². The summed E-state index contributed by atoms with van der Waals surface area (Å²) in [4.78, 5) is 4.20. The van der Waals surface area contributed by atoms with Crippen LogP contribution < -0.4 is 10.6 Å². The molecule has 0 aromatic carbocycles. The SMILES string of the molecule is Cc1ccc(NC(=S)NCc2ccco2)nc1. The van der Waals surface area contributed by atoms with Gasteiger partial charge in [0.15, 0.2) is 5.11 Å². The fourth-order valence-electron chi connectivity index (χ4n) is 1.28. The zero-order chi connectivity index (χ0) is 12.1. The van der Waals surface area contributed by atoms with E-state index in [4.69, 9.17) is 16.6 Å². The summed E-state index contributed by atoms with van der Waals surface area (Å²) in [6.45, 7) is 2.55. The number of aryl methyl sites for hydroxylation is 1. The number of nitrogens with zero attached hydrogens (tertiary/aromatic N) is 1. The quantitative estimate of drug-likeness (QED) is 0.816. The molecular formula is C12H13N3OS. The van der Waals surface area contributed by atoms with Crippen LogP contribution in [0.3, 0.4) is 0 Å². The first-order valence-electron chi connectivity index (χ1n) is 5.24. The molecule has 0 aliphatic heterocycles. The third kappa shape index (κ3) is 3.57. The second kappa shape index (κ2) is 5.45. The number of furan rings is 1. The monoisotopic (exact) mass is 247 g/mol. The molecule has 2 aromatic rings. The number of hydrogen-bond acceptors (Lipinski definition) is 3. The first kappa shape index (κ1) is 11.6. The van der Waals surface area contributed by atoms with E-state index in [2.05, 4.69) is 15.6 Å². The van der Waals surface area contributed by atoms with Crippen molar-refractivity contribution in [1.82, 2.24) is 10.3 Å². The molecule has 0 saturated carbocycles. The summed E-state index contributed by atoms with van der Waals surface area (Å²) in [7, 11) is 0. The van der Waals surface area contributed by atoms with Gasteiger partial charge in [0.2, 0.25) is 0 Å². The summed E-state index contributed by atoms with van der Waals surface area (Å²) >= 11 is 5.14. The minimum atomic E-state index is 0.526. The predicted octanol–water partition coefficient (Wildman–Crippen LogP) is 2.47. The Kier molecular flexibility index (Phi) is 3.72. The molecule has 2 aromatic heterocycles. The van der Waals surface area contributed by atoms with Crippen molar-refractivity contribution < 1.29 is 4.42 Å². The normalized spacial score (nSPS) is 9.94. The van der Waals surface area contributed by atoms with Crippen molar-refractivity contribution in [2.24, 2.45) is 0 Å². The molecule has 2 heterocycles. The van der Waals surface area contributed by atoms with E-state index in [0.29, 0.717) is 11.7 Å². The van der Waals surface area contributed by atoms with Crippen LogP contribution in [-0.2, 0) is 6.54 Å². The van der Waals surface area contributed by atoms with Gasteiger partial charge in [0.1, 0.15) is 11.6 Å². The highest BCUT2D eigenvalue weighted by atomic mass is 32.1. The Balaban J connectivity index is 1.83. The van der Waals surface area contributed by atoms with Gasteiger partial charge in [0.05, 0.1) is 12.8 Å². The molecule has 0 amide bonds. The highest BCUT2D eigenvalue weighted by molar-refractivity contribution is 7.80. The number of hydrogen-bond donors (Lipinski definition) is 2. The van der Waals surface area contributed by atoms with Crippen molar-refractivity contribution in [2.45, 2.75) is 13.5 Å². The molecule has 0 bridgehead atoms. The van der Waals surface area contributed by atoms with Gasteiger partial charge in [-0.3, -0.25) is 0 Å². The molecule has 0 atom stereocenters. The van der Waals surface area contributed by atoms with E-state index >= 15 is 0 Å². The number of thiocarbonyl (C=S) groups is 1. The molecule has 0 spiro atoms. The molecular weight excluding hydrogens is 234 g/mol. The Morgan fingerprint density at radius 2 is 2.29 bits per heavy atom. The van der Waals surface area contributed by atoms with E-state index in [1.165, 1.54) is 0 Å². The van der Waals surface area contributed by atoms with Gasteiger partial charge in [-0.05, 0) is 42.9 Å². The molecule has 0 radical (unpaired) electrons. The molecule has 0 fully saturated rings. The van der Waals surface area contributed by atoms with Crippen LogP contribution in [0.1, 0.15) is 11.3 Å². The van der Waals surface area contributed by atoms with Crippen LogP contribution in [0.25, 0.3) is 0 Å². The maximum absolute atomic E-state index is 5.18. The Morgan fingerprint density at radius 1 is 1.41 bits per heavy atom. The minimum Gasteiger partial charge on any atom is -0.467 e. The van der Waals surface area contributed by atoms with Gasteiger partial charge < -0.3 is 15.1 Å². The van der Waals surface area contributed by atoms with E-state index in [1.807, 2.05) is 31.2 Å². The number of nitrogens with one attached hydrogen (secondary N) is 2. The zero-order valence-corrected chi connectivity index (χ0v) is 10.3. The van der Waals surface area contributed by atoms with Crippen LogP contribution in [-0.4, -0.2) is 10.1 Å². The van der Waals surface area contributed by atoms with Crippen molar-refractivity contribution in [2.75, 3.05) is 5.32 Å².